The first-order chi connectivity index (χ1) is 30.7. The molecule has 11 aromatic rings. The Balaban J connectivity index is 0.976. The van der Waals surface area contributed by atoms with E-state index in [-0.39, 0.29) is 0 Å². The maximum Gasteiger partial charge on any atom is 0.163 e. The number of benzene rings is 9. The van der Waals surface area contributed by atoms with E-state index in [1.807, 2.05) is 36.4 Å². The lowest BCUT2D eigenvalue weighted by Crippen LogP contribution is -2.31. The summed E-state index contributed by atoms with van der Waals surface area (Å²) in [6.07, 6.45) is 6.99. The van der Waals surface area contributed by atoms with Crippen LogP contribution >= 0.6 is 0 Å². The van der Waals surface area contributed by atoms with Crippen molar-refractivity contribution < 1.29 is 4.74 Å². The minimum absolute atomic E-state index is 0.636. The Morgan fingerprint density at radius 2 is 1.00 bits per heavy atom. The molecule has 5 heteroatoms. The van der Waals surface area contributed by atoms with Crippen molar-refractivity contribution in [2.24, 2.45) is 0 Å². The standard InChI is InChI=1S/C57H36N4O/c1-3-15-36(16-4-1)54-58-55(37-17-5-2-6-18-37)60-56(59-54)57-32-14-13-25-53(57)62-52-31-27-39(34-49(52)57)38-26-30-51-48(33-38)46-23-11-12-24-50(46)61(51)40-28-29-45-43-21-8-7-19-41(43)42-20-9-10-22-44(42)47(45)35-40/h1-31,33-35H,32H2. The molecule has 1 aliphatic heterocycles. The normalized spacial score (nSPS) is 15.6. The number of fused-ring (bicyclic) bond motifs is 12. The van der Waals surface area contributed by atoms with Gasteiger partial charge in [-0.05, 0) is 98.4 Å². The van der Waals surface area contributed by atoms with Gasteiger partial charge >= 0.3 is 0 Å². The van der Waals surface area contributed by atoms with Crippen LogP contribution in [0.15, 0.2) is 212 Å². The molecular weight excluding hydrogens is 757 g/mol. The maximum absolute atomic E-state index is 6.72. The molecule has 2 aliphatic rings. The Morgan fingerprint density at radius 1 is 0.435 bits per heavy atom. The predicted molar refractivity (Wildman–Crippen MR) is 253 cm³/mol. The van der Waals surface area contributed by atoms with Crippen LogP contribution in [0.3, 0.4) is 0 Å². The highest BCUT2D eigenvalue weighted by atomic mass is 16.5. The van der Waals surface area contributed by atoms with Crippen LogP contribution in [-0.4, -0.2) is 19.5 Å². The molecule has 0 radical (unpaired) electrons. The number of ether oxygens (including phenoxy) is 1. The summed E-state index contributed by atoms with van der Waals surface area (Å²) in [6.45, 7) is 0. The first kappa shape index (κ1) is 34.7. The molecule has 290 valence electrons. The second-order valence-electron chi connectivity index (χ2n) is 16.3. The molecule has 9 aromatic carbocycles. The van der Waals surface area contributed by atoms with Gasteiger partial charge in [-0.1, -0.05) is 158 Å². The minimum Gasteiger partial charge on any atom is -0.460 e. The summed E-state index contributed by atoms with van der Waals surface area (Å²) in [5.41, 5.74) is 7.90. The summed E-state index contributed by atoms with van der Waals surface area (Å²) in [5, 5.41) is 10.0. The van der Waals surface area contributed by atoms with Gasteiger partial charge < -0.3 is 9.30 Å². The maximum atomic E-state index is 6.72. The van der Waals surface area contributed by atoms with Crippen LogP contribution in [0.2, 0.25) is 0 Å². The van der Waals surface area contributed by atoms with Gasteiger partial charge in [0.2, 0.25) is 0 Å². The lowest BCUT2D eigenvalue weighted by molar-refractivity contribution is 0.382. The van der Waals surface area contributed by atoms with E-state index < -0.39 is 5.41 Å². The number of nitrogens with zero attached hydrogens (tertiary/aromatic N) is 4. The van der Waals surface area contributed by atoms with Crippen molar-refractivity contribution in [3.63, 3.8) is 0 Å². The van der Waals surface area contributed by atoms with Gasteiger partial charge in [-0.15, -0.1) is 0 Å². The third-order valence-corrected chi connectivity index (χ3v) is 13.0. The molecule has 0 saturated carbocycles. The molecule has 5 nitrogen and oxygen atoms in total. The third kappa shape index (κ3) is 5.12. The van der Waals surface area contributed by atoms with Crippen molar-refractivity contribution in [3.05, 3.63) is 223 Å². The van der Waals surface area contributed by atoms with E-state index in [2.05, 4.69) is 174 Å². The molecule has 2 aromatic heterocycles. The molecule has 1 aliphatic carbocycles. The zero-order valence-corrected chi connectivity index (χ0v) is 33.5. The van der Waals surface area contributed by atoms with Crippen LogP contribution in [-0.2, 0) is 5.41 Å². The van der Waals surface area contributed by atoms with Gasteiger partial charge in [0.25, 0.3) is 0 Å². The second kappa shape index (κ2) is 13.4. The van der Waals surface area contributed by atoms with Gasteiger partial charge in [0.15, 0.2) is 17.5 Å². The van der Waals surface area contributed by atoms with E-state index in [0.29, 0.717) is 23.9 Å². The summed E-state index contributed by atoms with van der Waals surface area (Å²) < 4.78 is 9.14. The van der Waals surface area contributed by atoms with Gasteiger partial charge in [-0.2, -0.15) is 0 Å². The smallest absolute Gasteiger partial charge is 0.163 e. The Kier molecular flexibility index (Phi) is 7.51. The number of aromatic nitrogens is 4. The molecule has 13 rings (SSSR count). The average Bonchev–Trinajstić information content (AvgIpc) is 3.87. The van der Waals surface area contributed by atoms with Crippen LogP contribution in [0.4, 0.5) is 0 Å². The van der Waals surface area contributed by atoms with E-state index in [4.69, 9.17) is 19.7 Å². The first-order valence-electron chi connectivity index (χ1n) is 21.2. The second-order valence-corrected chi connectivity index (χ2v) is 16.3. The quantitative estimate of drug-likeness (QED) is 0.163. The van der Waals surface area contributed by atoms with Crippen molar-refractivity contribution >= 4 is 54.1 Å². The molecule has 0 bridgehead atoms. The summed E-state index contributed by atoms with van der Waals surface area (Å²) in [6, 6.07) is 67.1. The molecular formula is C57H36N4O. The molecule has 0 spiro atoms. The molecule has 1 unspecified atom stereocenters. The topological polar surface area (TPSA) is 52.8 Å². The van der Waals surface area contributed by atoms with Crippen molar-refractivity contribution in [1.29, 1.82) is 0 Å². The highest BCUT2D eigenvalue weighted by Gasteiger charge is 2.50. The van der Waals surface area contributed by atoms with E-state index >= 15 is 0 Å². The fourth-order valence-corrected chi connectivity index (χ4v) is 10.0. The van der Waals surface area contributed by atoms with Crippen molar-refractivity contribution in [2.45, 2.75) is 11.8 Å². The zero-order chi connectivity index (χ0) is 40.8. The minimum atomic E-state index is -0.734. The van der Waals surface area contributed by atoms with Crippen molar-refractivity contribution in [3.8, 4) is 45.3 Å². The monoisotopic (exact) mass is 792 g/mol. The number of hydrogen-bond acceptors (Lipinski definition) is 4. The molecule has 0 fully saturated rings. The fraction of sp³-hybridized carbons (Fsp3) is 0.0351. The first-order valence-corrected chi connectivity index (χ1v) is 21.2. The summed E-state index contributed by atoms with van der Waals surface area (Å²) in [5.74, 6) is 3.59. The van der Waals surface area contributed by atoms with E-state index in [1.165, 1.54) is 48.6 Å². The molecule has 0 N–H and O–H groups in total. The number of rotatable bonds is 5. The Morgan fingerprint density at radius 3 is 1.69 bits per heavy atom. The lowest BCUT2D eigenvalue weighted by Gasteiger charge is -2.29. The van der Waals surface area contributed by atoms with E-state index in [9.17, 15) is 0 Å². The molecule has 0 saturated heterocycles. The van der Waals surface area contributed by atoms with Gasteiger partial charge in [-0.25, -0.2) is 15.0 Å². The summed E-state index contributed by atoms with van der Waals surface area (Å²) in [4.78, 5) is 15.5. The average molecular weight is 793 g/mol. The van der Waals surface area contributed by atoms with Crippen LogP contribution in [0.5, 0.6) is 5.75 Å². The molecule has 1 atom stereocenters. The van der Waals surface area contributed by atoms with Crippen molar-refractivity contribution in [2.75, 3.05) is 0 Å². The molecule has 0 amide bonds. The van der Waals surface area contributed by atoms with E-state index in [0.717, 1.165) is 50.5 Å². The van der Waals surface area contributed by atoms with Gasteiger partial charge in [0, 0.05) is 33.2 Å². The fourth-order valence-electron chi connectivity index (χ4n) is 10.0. The SMILES string of the molecule is C1=CCC2(c3nc(-c4ccccc4)nc(-c4ccccc4)n3)C(=C1)Oc1ccc(-c3ccc4c(c3)c3ccccc3n4-c3ccc4c5ccccc5c5ccccc5c4c3)cc12. The number of hydrogen-bond donors (Lipinski definition) is 0. The number of allylic oxidation sites excluding steroid dienone is 4. The third-order valence-electron chi connectivity index (χ3n) is 13.0. The molecule has 3 heterocycles. The van der Waals surface area contributed by atoms with Crippen LogP contribution in [0.1, 0.15) is 17.8 Å². The van der Waals surface area contributed by atoms with Gasteiger partial charge in [0.05, 0.1) is 11.0 Å². The predicted octanol–water partition coefficient (Wildman–Crippen LogP) is 14.0. The van der Waals surface area contributed by atoms with E-state index in [1.54, 1.807) is 0 Å². The van der Waals surface area contributed by atoms with Crippen LogP contribution in [0, 0.1) is 0 Å². The Hall–Kier alpha value is -8.15. The summed E-state index contributed by atoms with van der Waals surface area (Å²) >= 11 is 0. The van der Waals surface area contributed by atoms with Gasteiger partial charge in [-0.3, -0.25) is 0 Å². The van der Waals surface area contributed by atoms with Crippen molar-refractivity contribution in [1.82, 2.24) is 19.5 Å². The van der Waals surface area contributed by atoms with Crippen LogP contribution in [0.25, 0.3) is 93.7 Å². The molecule has 62 heavy (non-hydrogen) atoms. The Labute approximate surface area is 357 Å². The number of para-hydroxylation sites is 1. The Bertz CT molecular complexity index is 3610. The summed E-state index contributed by atoms with van der Waals surface area (Å²) in [7, 11) is 0. The highest BCUT2D eigenvalue weighted by molar-refractivity contribution is 6.25. The van der Waals surface area contributed by atoms with Gasteiger partial charge in [0.1, 0.15) is 16.9 Å². The largest absolute Gasteiger partial charge is 0.460 e. The lowest BCUT2D eigenvalue weighted by atomic mass is 9.73. The van der Waals surface area contributed by atoms with Crippen LogP contribution < -0.4 is 4.74 Å². The highest BCUT2D eigenvalue weighted by Crippen LogP contribution is 2.54. The zero-order valence-electron chi connectivity index (χ0n) is 33.5.